The van der Waals surface area contributed by atoms with Crippen molar-refractivity contribution in [2.75, 3.05) is 13.2 Å². The molecule has 3 aliphatic heterocycles. The number of nitrogens with zero attached hydrogens (tertiary/aromatic N) is 1. The molecular weight excluding hydrogens is 390 g/mol. The number of likely N-dealkylation sites (tertiary alicyclic amines) is 1. The predicted octanol–water partition coefficient (Wildman–Crippen LogP) is 1.29. The normalized spacial score (nSPS) is 36.4. The zero-order valence-electron chi connectivity index (χ0n) is 18.2. The molecule has 3 saturated heterocycles. The molecule has 164 valence electrons. The molecule has 0 aromatic rings. The fraction of sp³-hybridized carbons (Fsp3) is 0.857. The number of rotatable bonds is 8. The minimum Gasteiger partial charge on any atom is -0.394 e. The lowest BCUT2D eigenvalue weighted by molar-refractivity contribution is -0.143. The lowest BCUT2D eigenvalue weighted by atomic mass is 9.66. The number of nitrogens with one attached hydrogen (secondary N) is 2. The molecule has 0 saturated carbocycles. The Morgan fingerprint density at radius 2 is 1.97 bits per heavy atom. The maximum Gasteiger partial charge on any atom is 0.244 e. The van der Waals surface area contributed by atoms with Gasteiger partial charge < -0.3 is 20.6 Å². The smallest absolute Gasteiger partial charge is 0.244 e. The van der Waals surface area contributed by atoms with Crippen LogP contribution in [0.25, 0.3) is 0 Å². The quantitative estimate of drug-likeness (QED) is 0.544. The largest absolute Gasteiger partial charge is 0.394 e. The Kier molecular flexibility index (Phi) is 6.26. The standard InChI is InChI=1S/C21H35N3O4S/c1-6-10-22-17(26)14-15-19(28)24(13(7-2)11-25)16(18(27)23-12(3)4)21(15)9-8-20(14,5)29-21/h12-16,25H,6-11H2,1-5H3,(H,22,26)(H,23,27)/t13-,14-,15-,16?,20+,21?/m0/s1. The number of carbonyl (C=O) groups is 3. The Balaban J connectivity index is 2.06. The summed E-state index contributed by atoms with van der Waals surface area (Å²) >= 11 is 1.67. The van der Waals surface area contributed by atoms with Gasteiger partial charge in [-0.25, -0.2) is 0 Å². The van der Waals surface area contributed by atoms with Crippen LogP contribution in [0.5, 0.6) is 0 Å². The zero-order chi connectivity index (χ0) is 21.6. The third-order valence-corrected chi connectivity index (χ3v) is 8.79. The van der Waals surface area contributed by atoms with Crippen molar-refractivity contribution in [2.45, 2.75) is 87.9 Å². The minimum atomic E-state index is -0.657. The molecule has 0 aliphatic carbocycles. The van der Waals surface area contributed by atoms with E-state index in [1.165, 1.54) is 0 Å². The van der Waals surface area contributed by atoms with Crippen molar-refractivity contribution in [3.05, 3.63) is 0 Å². The molecule has 3 heterocycles. The topological polar surface area (TPSA) is 98.7 Å². The molecule has 2 bridgehead atoms. The van der Waals surface area contributed by atoms with Crippen LogP contribution >= 0.6 is 11.8 Å². The number of aliphatic hydroxyl groups is 1. The predicted molar refractivity (Wildman–Crippen MR) is 113 cm³/mol. The summed E-state index contributed by atoms with van der Waals surface area (Å²) in [6.07, 6.45) is 2.93. The Labute approximate surface area is 177 Å². The van der Waals surface area contributed by atoms with Gasteiger partial charge in [0.25, 0.3) is 0 Å². The fourth-order valence-electron chi connectivity index (χ4n) is 5.59. The molecule has 0 aromatic carbocycles. The number of carbonyl (C=O) groups excluding carboxylic acids is 3. The van der Waals surface area contributed by atoms with Gasteiger partial charge in [0.1, 0.15) is 6.04 Å². The highest BCUT2D eigenvalue weighted by atomic mass is 32.2. The maximum absolute atomic E-state index is 13.7. The van der Waals surface area contributed by atoms with Crippen LogP contribution < -0.4 is 10.6 Å². The molecule has 3 amide bonds. The third kappa shape index (κ3) is 3.36. The van der Waals surface area contributed by atoms with Gasteiger partial charge >= 0.3 is 0 Å². The van der Waals surface area contributed by atoms with Gasteiger partial charge in [0.2, 0.25) is 17.7 Å². The molecule has 29 heavy (non-hydrogen) atoms. The molecule has 3 rings (SSSR count). The zero-order valence-corrected chi connectivity index (χ0v) is 19.0. The van der Waals surface area contributed by atoms with Gasteiger partial charge in [0, 0.05) is 17.3 Å². The lowest BCUT2D eigenvalue weighted by Gasteiger charge is -2.37. The molecule has 6 atom stereocenters. The summed E-state index contributed by atoms with van der Waals surface area (Å²) in [4.78, 5) is 41.7. The highest BCUT2D eigenvalue weighted by molar-refractivity contribution is 8.02. The Bertz CT molecular complexity index is 683. The first kappa shape index (κ1) is 22.4. The molecular formula is C21H35N3O4S. The van der Waals surface area contributed by atoms with E-state index in [4.69, 9.17) is 0 Å². The van der Waals surface area contributed by atoms with Crippen molar-refractivity contribution in [3.63, 3.8) is 0 Å². The number of amides is 3. The number of hydrogen-bond acceptors (Lipinski definition) is 5. The van der Waals surface area contributed by atoms with Crippen LogP contribution in [0.15, 0.2) is 0 Å². The summed E-state index contributed by atoms with van der Waals surface area (Å²) in [6.45, 7) is 10.2. The monoisotopic (exact) mass is 425 g/mol. The van der Waals surface area contributed by atoms with Crippen LogP contribution in [0.4, 0.5) is 0 Å². The van der Waals surface area contributed by atoms with Gasteiger partial charge in [-0.3, -0.25) is 14.4 Å². The van der Waals surface area contributed by atoms with Crippen LogP contribution in [0.3, 0.4) is 0 Å². The van der Waals surface area contributed by atoms with E-state index in [9.17, 15) is 19.5 Å². The van der Waals surface area contributed by atoms with Crippen LogP contribution in [-0.4, -0.2) is 68.5 Å². The van der Waals surface area contributed by atoms with Crippen molar-refractivity contribution < 1.29 is 19.5 Å². The van der Waals surface area contributed by atoms with E-state index in [0.29, 0.717) is 13.0 Å². The van der Waals surface area contributed by atoms with E-state index in [2.05, 4.69) is 17.6 Å². The summed E-state index contributed by atoms with van der Waals surface area (Å²) in [5, 5.41) is 15.9. The lowest BCUT2D eigenvalue weighted by Crippen LogP contribution is -2.57. The minimum absolute atomic E-state index is 0.0491. The third-order valence-electron chi connectivity index (χ3n) is 6.80. The summed E-state index contributed by atoms with van der Waals surface area (Å²) in [7, 11) is 0. The van der Waals surface area contributed by atoms with Gasteiger partial charge in [0.05, 0.1) is 29.2 Å². The van der Waals surface area contributed by atoms with Crippen molar-refractivity contribution in [3.8, 4) is 0 Å². The summed E-state index contributed by atoms with van der Waals surface area (Å²) in [6, 6.07) is -1.13. The molecule has 0 radical (unpaired) electrons. The van der Waals surface area contributed by atoms with Gasteiger partial charge in [0.15, 0.2) is 0 Å². The average Bonchev–Trinajstić information content (AvgIpc) is 3.22. The fourth-order valence-corrected chi connectivity index (χ4v) is 7.94. The van der Waals surface area contributed by atoms with Gasteiger partial charge in [-0.15, -0.1) is 11.8 Å². The first-order valence-electron chi connectivity index (χ1n) is 10.9. The number of aliphatic hydroxyl groups excluding tert-OH is 1. The summed E-state index contributed by atoms with van der Waals surface area (Å²) < 4.78 is -0.955. The number of thioether (sulfide) groups is 1. The second-order valence-electron chi connectivity index (χ2n) is 9.17. The van der Waals surface area contributed by atoms with Crippen molar-refractivity contribution in [2.24, 2.45) is 11.8 Å². The molecule has 1 spiro atoms. The molecule has 8 heteroatoms. The van der Waals surface area contributed by atoms with Crippen molar-refractivity contribution in [1.82, 2.24) is 15.5 Å². The molecule has 3 fully saturated rings. The van der Waals surface area contributed by atoms with Gasteiger partial charge in [-0.2, -0.15) is 0 Å². The Morgan fingerprint density at radius 1 is 1.28 bits per heavy atom. The van der Waals surface area contributed by atoms with E-state index in [-0.39, 0.29) is 35.1 Å². The number of hydrogen-bond donors (Lipinski definition) is 3. The van der Waals surface area contributed by atoms with Gasteiger partial charge in [-0.05, 0) is 46.5 Å². The van der Waals surface area contributed by atoms with Crippen molar-refractivity contribution >= 4 is 29.5 Å². The molecule has 0 aromatic heterocycles. The molecule has 3 aliphatic rings. The van der Waals surface area contributed by atoms with Crippen molar-refractivity contribution in [1.29, 1.82) is 0 Å². The average molecular weight is 426 g/mol. The number of fused-ring (bicyclic) bond motifs is 1. The SMILES string of the molecule is CCCNC(=O)[C@@H]1[C@H]2C(=O)N([C@@H](CC)CO)C(C(=O)NC(C)C)C23CC[C@@]1(C)S3. The Morgan fingerprint density at radius 3 is 2.52 bits per heavy atom. The first-order valence-corrected chi connectivity index (χ1v) is 11.7. The molecule has 7 nitrogen and oxygen atoms in total. The molecule has 3 N–H and O–H groups in total. The highest BCUT2D eigenvalue weighted by Crippen LogP contribution is 2.71. The second-order valence-corrected chi connectivity index (χ2v) is 11.1. The van der Waals surface area contributed by atoms with E-state index >= 15 is 0 Å². The van der Waals surface area contributed by atoms with Crippen LogP contribution in [-0.2, 0) is 14.4 Å². The van der Waals surface area contributed by atoms with Gasteiger partial charge in [-0.1, -0.05) is 13.8 Å². The van der Waals surface area contributed by atoms with E-state index in [1.807, 2.05) is 27.7 Å². The van der Waals surface area contributed by atoms with E-state index in [0.717, 1.165) is 19.3 Å². The van der Waals surface area contributed by atoms with E-state index < -0.39 is 28.7 Å². The molecule has 2 unspecified atom stereocenters. The van der Waals surface area contributed by atoms with Crippen LogP contribution in [0, 0.1) is 11.8 Å². The maximum atomic E-state index is 13.7. The summed E-state index contributed by atoms with van der Waals surface area (Å²) in [5.74, 6) is -1.37. The first-order chi connectivity index (χ1) is 13.7. The highest BCUT2D eigenvalue weighted by Gasteiger charge is 2.77. The van der Waals surface area contributed by atoms with E-state index in [1.54, 1.807) is 16.7 Å². The van der Waals surface area contributed by atoms with Crippen LogP contribution in [0.1, 0.15) is 60.3 Å². The Hall–Kier alpha value is -1.28. The summed E-state index contributed by atoms with van der Waals surface area (Å²) in [5.41, 5.74) is 0. The van der Waals surface area contributed by atoms with Crippen LogP contribution in [0.2, 0.25) is 0 Å². The second kappa shape index (κ2) is 8.10.